The molecule has 0 radical (unpaired) electrons. The molecule has 0 unspecified atom stereocenters. The van der Waals surface area contributed by atoms with Crippen LogP contribution in [0, 0.1) is 0 Å². The first-order chi connectivity index (χ1) is 7.71. The van der Waals surface area contributed by atoms with E-state index in [0.717, 1.165) is 0 Å². The number of ether oxygens (including phenoxy) is 1. The van der Waals surface area contributed by atoms with Gasteiger partial charge in [-0.05, 0) is 12.7 Å². The maximum Gasteiger partial charge on any atom is 0.273 e. The molecule has 1 N–H and O–H groups in total. The van der Waals surface area contributed by atoms with Gasteiger partial charge in [0.05, 0.1) is 12.7 Å². The van der Waals surface area contributed by atoms with Crippen molar-refractivity contribution in [1.82, 2.24) is 9.55 Å². The SMILES string of the molecule is CO[C@H](CO)CCn1ccc(=O)nc1SC. The minimum atomic E-state index is -0.231. The van der Waals surface area contributed by atoms with E-state index in [1.807, 2.05) is 10.8 Å². The second-order valence-corrected chi connectivity index (χ2v) is 4.05. The van der Waals surface area contributed by atoms with E-state index in [9.17, 15) is 4.79 Å². The Morgan fingerprint density at radius 2 is 2.44 bits per heavy atom. The van der Waals surface area contributed by atoms with Crippen LogP contribution >= 0.6 is 11.8 Å². The molecule has 0 saturated carbocycles. The highest BCUT2D eigenvalue weighted by molar-refractivity contribution is 7.98. The Morgan fingerprint density at radius 1 is 1.69 bits per heavy atom. The average molecular weight is 244 g/mol. The number of hydrogen-bond donors (Lipinski definition) is 1. The highest BCUT2D eigenvalue weighted by Gasteiger charge is 2.07. The van der Waals surface area contributed by atoms with Gasteiger partial charge >= 0.3 is 0 Å². The lowest BCUT2D eigenvalue weighted by atomic mass is 10.2. The average Bonchev–Trinajstić information content (AvgIpc) is 2.31. The Labute approximate surface area is 98.5 Å². The van der Waals surface area contributed by atoms with Crippen molar-refractivity contribution < 1.29 is 9.84 Å². The van der Waals surface area contributed by atoms with Gasteiger partial charge < -0.3 is 14.4 Å². The van der Waals surface area contributed by atoms with Crippen LogP contribution in [0.15, 0.2) is 22.2 Å². The van der Waals surface area contributed by atoms with Crippen LogP contribution in [0.4, 0.5) is 0 Å². The van der Waals surface area contributed by atoms with Crippen molar-refractivity contribution in [2.75, 3.05) is 20.0 Å². The van der Waals surface area contributed by atoms with Gasteiger partial charge in [-0.25, -0.2) is 0 Å². The molecule has 0 amide bonds. The molecule has 16 heavy (non-hydrogen) atoms. The fraction of sp³-hybridized carbons (Fsp3) is 0.600. The predicted octanol–water partition coefficient (Wildman–Crippen LogP) is 0.363. The topological polar surface area (TPSA) is 64.3 Å². The Kier molecular flexibility index (Phi) is 5.51. The highest BCUT2D eigenvalue weighted by Crippen LogP contribution is 2.10. The highest BCUT2D eigenvalue weighted by atomic mass is 32.2. The number of nitrogens with zero attached hydrogens (tertiary/aromatic N) is 2. The van der Waals surface area contributed by atoms with Gasteiger partial charge in [-0.3, -0.25) is 4.79 Å². The van der Waals surface area contributed by atoms with Gasteiger partial charge in [0, 0.05) is 25.9 Å². The summed E-state index contributed by atoms with van der Waals surface area (Å²) in [7, 11) is 1.57. The molecule has 0 fully saturated rings. The third-order valence-corrected chi connectivity index (χ3v) is 2.95. The summed E-state index contributed by atoms with van der Waals surface area (Å²) >= 11 is 1.42. The number of thioether (sulfide) groups is 1. The maximum absolute atomic E-state index is 11.0. The van der Waals surface area contributed by atoms with E-state index < -0.39 is 0 Å². The first kappa shape index (κ1) is 13.2. The summed E-state index contributed by atoms with van der Waals surface area (Å²) in [6.45, 7) is 0.668. The molecular weight excluding hydrogens is 228 g/mol. The molecule has 5 nitrogen and oxygen atoms in total. The van der Waals surface area contributed by atoms with Gasteiger partial charge in [0.15, 0.2) is 5.16 Å². The molecule has 1 rings (SSSR count). The van der Waals surface area contributed by atoms with Gasteiger partial charge in [-0.15, -0.1) is 0 Å². The minimum absolute atomic E-state index is 0.00126. The van der Waals surface area contributed by atoms with E-state index in [-0.39, 0.29) is 18.3 Å². The number of aromatic nitrogens is 2. The molecule has 6 heteroatoms. The van der Waals surface area contributed by atoms with Gasteiger partial charge in [-0.1, -0.05) is 11.8 Å². The molecule has 0 spiro atoms. The van der Waals surface area contributed by atoms with E-state index in [1.54, 1.807) is 13.3 Å². The Bertz CT molecular complexity index is 377. The Hall–Kier alpha value is -0.850. The van der Waals surface area contributed by atoms with E-state index >= 15 is 0 Å². The quantitative estimate of drug-likeness (QED) is 0.578. The van der Waals surface area contributed by atoms with Crippen LogP contribution in [-0.4, -0.2) is 40.7 Å². The molecule has 0 saturated heterocycles. The van der Waals surface area contributed by atoms with Gasteiger partial charge in [0.25, 0.3) is 5.56 Å². The Morgan fingerprint density at radius 3 is 3.00 bits per heavy atom. The van der Waals surface area contributed by atoms with Gasteiger partial charge in [0.2, 0.25) is 0 Å². The normalized spacial score (nSPS) is 12.7. The third-order valence-electron chi connectivity index (χ3n) is 2.26. The van der Waals surface area contributed by atoms with Crippen molar-refractivity contribution >= 4 is 11.8 Å². The lowest BCUT2D eigenvalue weighted by Gasteiger charge is -2.14. The first-order valence-corrected chi connectivity index (χ1v) is 6.19. The smallest absolute Gasteiger partial charge is 0.273 e. The lowest BCUT2D eigenvalue weighted by molar-refractivity contribution is 0.0398. The van der Waals surface area contributed by atoms with Crippen LogP contribution in [-0.2, 0) is 11.3 Å². The zero-order chi connectivity index (χ0) is 12.0. The summed E-state index contributed by atoms with van der Waals surface area (Å²) in [6, 6.07) is 1.43. The van der Waals surface area contributed by atoms with Crippen molar-refractivity contribution in [2.24, 2.45) is 0 Å². The summed E-state index contributed by atoms with van der Waals surface area (Å²) in [5.74, 6) is 0. The second kappa shape index (κ2) is 6.67. The molecule has 1 heterocycles. The zero-order valence-corrected chi connectivity index (χ0v) is 10.2. The van der Waals surface area contributed by atoms with Crippen LogP contribution in [0.25, 0.3) is 0 Å². The van der Waals surface area contributed by atoms with E-state index in [0.29, 0.717) is 18.1 Å². The largest absolute Gasteiger partial charge is 0.394 e. The molecule has 1 aromatic heterocycles. The molecule has 0 aromatic carbocycles. The fourth-order valence-electron chi connectivity index (χ4n) is 1.31. The molecule has 0 aliphatic rings. The molecule has 0 aliphatic heterocycles. The molecule has 0 aliphatic carbocycles. The summed E-state index contributed by atoms with van der Waals surface area (Å²) in [5, 5.41) is 9.65. The number of hydrogen-bond acceptors (Lipinski definition) is 5. The molecule has 1 atom stereocenters. The summed E-state index contributed by atoms with van der Waals surface area (Å²) in [5.41, 5.74) is -0.231. The fourth-order valence-corrected chi connectivity index (χ4v) is 1.88. The number of rotatable bonds is 6. The maximum atomic E-state index is 11.0. The number of aliphatic hydroxyl groups excluding tert-OH is 1. The molecule has 1 aromatic rings. The van der Waals surface area contributed by atoms with E-state index in [2.05, 4.69) is 4.98 Å². The van der Waals surface area contributed by atoms with Crippen LogP contribution in [0.1, 0.15) is 6.42 Å². The van der Waals surface area contributed by atoms with Crippen LogP contribution in [0.5, 0.6) is 0 Å². The van der Waals surface area contributed by atoms with Crippen LogP contribution < -0.4 is 5.56 Å². The van der Waals surface area contributed by atoms with Crippen LogP contribution in [0.3, 0.4) is 0 Å². The number of aliphatic hydroxyl groups is 1. The predicted molar refractivity (Wildman–Crippen MR) is 62.8 cm³/mol. The van der Waals surface area contributed by atoms with E-state index in [4.69, 9.17) is 9.84 Å². The van der Waals surface area contributed by atoms with Crippen molar-refractivity contribution in [2.45, 2.75) is 24.2 Å². The first-order valence-electron chi connectivity index (χ1n) is 4.96. The Balaban J connectivity index is 2.69. The van der Waals surface area contributed by atoms with Crippen molar-refractivity contribution in [3.8, 4) is 0 Å². The molecular formula is C10H16N2O3S. The second-order valence-electron chi connectivity index (χ2n) is 3.27. The third kappa shape index (κ3) is 3.62. The molecule has 0 bridgehead atoms. The standard InChI is InChI=1S/C10H16N2O3S/c1-15-8(7-13)3-5-12-6-4-9(14)11-10(12)16-2/h4,6,8,13H,3,5,7H2,1-2H3/t8-/m0/s1. The zero-order valence-electron chi connectivity index (χ0n) is 9.42. The monoisotopic (exact) mass is 244 g/mol. The minimum Gasteiger partial charge on any atom is -0.394 e. The molecule has 90 valence electrons. The van der Waals surface area contributed by atoms with Crippen molar-refractivity contribution in [3.05, 3.63) is 22.6 Å². The van der Waals surface area contributed by atoms with Crippen molar-refractivity contribution in [1.29, 1.82) is 0 Å². The summed E-state index contributed by atoms with van der Waals surface area (Å²) < 4.78 is 6.95. The summed E-state index contributed by atoms with van der Waals surface area (Å²) in [6.07, 6.45) is 4.10. The number of methoxy groups -OCH3 is 1. The van der Waals surface area contributed by atoms with Crippen LogP contribution in [0.2, 0.25) is 0 Å². The van der Waals surface area contributed by atoms with Gasteiger partial charge in [0.1, 0.15) is 0 Å². The summed E-state index contributed by atoms with van der Waals surface area (Å²) in [4.78, 5) is 14.9. The van der Waals surface area contributed by atoms with Crippen molar-refractivity contribution in [3.63, 3.8) is 0 Å². The lowest BCUT2D eigenvalue weighted by Crippen LogP contribution is -2.20. The van der Waals surface area contributed by atoms with E-state index in [1.165, 1.54) is 17.8 Å². The number of aryl methyl sites for hydroxylation is 1. The van der Waals surface area contributed by atoms with Gasteiger partial charge in [-0.2, -0.15) is 4.98 Å².